The first kappa shape index (κ1) is 16.0. The Bertz CT molecular complexity index is 861. The number of aliphatic imine (C=N–C) groups is 2. The van der Waals surface area contributed by atoms with Crippen LogP contribution in [-0.4, -0.2) is 35.4 Å². The van der Waals surface area contributed by atoms with Gasteiger partial charge in [0.2, 0.25) is 0 Å². The Kier molecular flexibility index (Phi) is 4.09. The molecule has 2 aliphatic heterocycles. The molecule has 2 aromatic rings. The number of benzene rings is 1. The van der Waals surface area contributed by atoms with Gasteiger partial charge in [0, 0.05) is 22.6 Å². The highest BCUT2D eigenvalue weighted by Crippen LogP contribution is 2.40. The number of halogens is 1. The lowest BCUT2D eigenvalue weighted by atomic mass is 9.91. The largest absolute Gasteiger partial charge is 0.297 e. The molecule has 2 aliphatic rings. The predicted molar refractivity (Wildman–Crippen MR) is 99.7 cm³/mol. The van der Waals surface area contributed by atoms with Gasteiger partial charge in [0.05, 0.1) is 30.7 Å². The summed E-state index contributed by atoms with van der Waals surface area (Å²) in [6, 6.07) is 12.8. The van der Waals surface area contributed by atoms with Gasteiger partial charge in [-0.1, -0.05) is 17.7 Å². The van der Waals surface area contributed by atoms with E-state index in [9.17, 15) is 4.79 Å². The molecule has 1 saturated heterocycles. The highest BCUT2D eigenvalue weighted by atomic mass is 35.5. The highest BCUT2D eigenvalue weighted by molar-refractivity contribution is 6.50. The lowest BCUT2D eigenvalue weighted by molar-refractivity contribution is -0.112. The molecule has 0 radical (unpaired) electrons. The van der Waals surface area contributed by atoms with Crippen molar-refractivity contribution in [2.24, 2.45) is 15.9 Å². The number of nitrogens with zero attached hydrogens (tertiary/aromatic N) is 4. The molecule has 4 rings (SSSR count). The summed E-state index contributed by atoms with van der Waals surface area (Å²) in [6.45, 7) is 3.13. The normalized spacial score (nSPS) is 23.0. The summed E-state index contributed by atoms with van der Waals surface area (Å²) in [5.41, 5.74) is 3.12. The summed E-state index contributed by atoms with van der Waals surface area (Å²) in [7, 11) is 0. The van der Waals surface area contributed by atoms with Crippen LogP contribution >= 0.6 is 11.6 Å². The van der Waals surface area contributed by atoms with Crippen LogP contribution in [0.5, 0.6) is 0 Å². The van der Waals surface area contributed by atoms with E-state index in [0.29, 0.717) is 23.8 Å². The maximum atomic E-state index is 13.2. The zero-order valence-electron chi connectivity index (χ0n) is 13.8. The molecule has 6 heteroatoms. The van der Waals surface area contributed by atoms with Crippen molar-refractivity contribution in [1.82, 2.24) is 4.98 Å². The van der Waals surface area contributed by atoms with E-state index < -0.39 is 0 Å². The lowest BCUT2D eigenvalue weighted by Gasteiger charge is -2.27. The van der Waals surface area contributed by atoms with Gasteiger partial charge in [-0.05, 0) is 43.3 Å². The minimum atomic E-state index is -0.254. The molecule has 0 spiro atoms. The highest BCUT2D eigenvalue weighted by Gasteiger charge is 2.49. The molecule has 0 saturated carbocycles. The van der Waals surface area contributed by atoms with Gasteiger partial charge in [0.1, 0.15) is 5.71 Å². The quantitative estimate of drug-likeness (QED) is 0.832. The zero-order valence-corrected chi connectivity index (χ0v) is 14.5. The number of rotatable bonds is 2. The summed E-state index contributed by atoms with van der Waals surface area (Å²) in [5.74, 6) is -0.264. The van der Waals surface area contributed by atoms with E-state index in [4.69, 9.17) is 11.6 Å². The van der Waals surface area contributed by atoms with Crippen molar-refractivity contribution in [1.29, 1.82) is 0 Å². The number of fused-ring (bicyclic) bond motifs is 1. The fourth-order valence-corrected chi connectivity index (χ4v) is 3.63. The Balaban J connectivity index is 1.89. The standard InChI is InChI=1S/C19H17ClN4O/c1-12-16-17(23-11-10-21-12)19(25)24(14-7-5-13(20)6-8-14)18(16)15-4-2-3-9-22-15/h2-9,16,18H,10-11H2,1H3/t16?,18-/m0/s1. The average molecular weight is 353 g/mol. The Morgan fingerprint density at radius 1 is 1.08 bits per heavy atom. The van der Waals surface area contributed by atoms with Crippen LogP contribution in [0.2, 0.25) is 5.02 Å². The Morgan fingerprint density at radius 2 is 1.84 bits per heavy atom. The third kappa shape index (κ3) is 2.74. The zero-order chi connectivity index (χ0) is 17.4. The first-order chi connectivity index (χ1) is 12.2. The number of carbonyl (C=O) groups is 1. The molecular formula is C19H17ClN4O. The minimum Gasteiger partial charge on any atom is -0.297 e. The van der Waals surface area contributed by atoms with Crippen molar-refractivity contribution in [2.45, 2.75) is 13.0 Å². The molecule has 1 aromatic carbocycles. The lowest BCUT2D eigenvalue weighted by Crippen LogP contribution is -2.31. The second-order valence-corrected chi connectivity index (χ2v) is 6.56. The van der Waals surface area contributed by atoms with E-state index in [0.717, 1.165) is 17.1 Å². The van der Waals surface area contributed by atoms with Crippen LogP contribution < -0.4 is 4.90 Å². The van der Waals surface area contributed by atoms with E-state index >= 15 is 0 Å². The molecule has 1 amide bonds. The second kappa shape index (κ2) is 6.41. The van der Waals surface area contributed by atoms with Gasteiger partial charge in [-0.25, -0.2) is 0 Å². The molecule has 5 nitrogen and oxygen atoms in total. The molecule has 0 N–H and O–H groups in total. The van der Waals surface area contributed by atoms with Crippen molar-refractivity contribution in [3.8, 4) is 0 Å². The number of anilines is 1. The first-order valence-electron chi connectivity index (χ1n) is 8.22. The minimum absolute atomic E-state index is 0.0839. The topological polar surface area (TPSA) is 57.9 Å². The van der Waals surface area contributed by atoms with Crippen molar-refractivity contribution in [2.75, 3.05) is 18.0 Å². The Morgan fingerprint density at radius 3 is 2.56 bits per heavy atom. The van der Waals surface area contributed by atoms with Gasteiger partial charge in [-0.3, -0.25) is 24.7 Å². The molecule has 25 heavy (non-hydrogen) atoms. The maximum absolute atomic E-state index is 13.2. The van der Waals surface area contributed by atoms with Crippen molar-refractivity contribution in [3.63, 3.8) is 0 Å². The van der Waals surface area contributed by atoms with Crippen LogP contribution in [0.25, 0.3) is 0 Å². The molecule has 126 valence electrons. The van der Waals surface area contributed by atoms with E-state index in [1.807, 2.05) is 37.3 Å². The van der Waals surface area contributed by atoms with Crippen molar-refractivity contribution in [3.05, 3.63) is 59.4 Å². The van der Waals surface area contributed by atoms with Crippen molar-refractivity contribution >= 4 is 34.6 Å². The molecule has 1 unspecified atom stereocenters. The summed E-state index contributed by atoms with van der Waals surface area (Å²) >= 11 is 6.02. The van der Waals surface area contributed by atoms with Crippen LogP contribution in [0.15, 0.2) is 58.6 Å². The van der Waals surface area contributed by atoms with Crippen LogP contribution in [0.1, 0.15) is 18.7 Å². The Hall–Kier alpha value is -2.53. The van der Waals surface area contributed by atoms with E-state index in [2.05, 4.69) is 15.0 Å². The van der Waals surface area contributed by atoms with Gasteiger partial charge in [0.25, 0.3) is 5.91 Å². The number of hydrogen-bond acceptors (Lipinski definition) is 4. The first-order valence-corrected chi connectivity index (χ1v) is 8.60. The molecule has 0 bridgehead atoms. The SMILES string of the molecule is CC1=NCCN=C2C(=O)N(c3ccc(Cl)cc3)[C@@H](c3ccccn3)C12. The Labute approximate surface area is 151 Å². The molecule has 0 aliphatic carbocycles. The smallest absolute Gasteiger partial charge is 0.273 e. The average Bonchev–Trinajstić information content (AvgIpc) is 2.78. The third-order valence-corrected chi connectivity index (χ3v) is 4.87. The van der Waals surface area contributed by atoms with Gasteiger partial charge in [0.15, 0.2) is 0 Å². The third-order valence-electron chi connectivity index (χ3n) is 4.62. The molecule has 1 fully saturated rings. The van der Waals surface area contributed by atoms with E-state index in [1.165, 1.54) is 0 Å². The number of pyridine rings is 1. The summed E-state index contributed by atoms with van der Waals surface area (Å²) < 4.78 is 0. The number of amides is 1. The monoisotopic (exact) mass is 352 g/mol. The van der Waals surface area contributed by atoms with Crippen LogP contribution in [-0.2, 0) is 4.79 Å². The van der Waals surface area contributed by atoms with Gasteiger partial charge in [-0.2, -0.15) is 0 Å². The van der Waals surface area contributed by atoms with Gasteiger partial charge < -0.3 is 0 Å². The fourth-order valence-electron chi connectivity index (χ4n) is 3.50. The van der Waals surface area contributed by atoms with Gasteiger partial charge >= 0.3 is 0 Å². The number of hydrogen-bond donors (Lipinski definition) is 0. The maximum Gasteiger partial charge on any atom is 0.273 e. The van der Waals surface area contributed by atoms with Gasteiger partial charge in [-0.15, -0.1) is 0 Å². The van der Waals surface area contributed by atoms with Crippen molar-refractivity contribution < 1.29 is 4.79 Å². The molecular weight excluding hydrogens is 336 g/mol. The fraction of sp³-hybridized carbons (Fsp3) is 0.263. The molecule has 2 atom stereocenters. The molecule has 1 aromatic heterocycles. The second-order valence-electron chi connectivity index (χ2n) is 6.12. The predicted octanol–water partition coefficient (Wildman–Crippen LogP) is 3.35. The van der Waals surface area contributed by atoms with E-state index in [-0.39, 0.29) is 17.9 Å². The van der Waals surface area contributed by atoms with E-state index in [1.54, 1.807) is 23.2 Å². The van der Waals surface area contributed by atoms with Crippen LogP contribution in [0, 0.1) is 5.92 Å². The van der Waals surface area contributed by atoms with Crippen LogP contribution in [0.3, 0.4) is 0 Å². The number of carbonyl (C=O) groups excluding carboxylic acids is 1. The number of aromatic nitrogens is 1. The summed E-state index contributed by atoms with van der Waals surface area (Å²) in [6.07, 6.45) is 1.75. The van der Waals surface area contributed by atoms with Crippen LogP contribution in [0.4, 0.5) is 5.69 Å². The molecule has 3 heterocycles. The summed E-state index contributed by atoms with van der Waals surface area (Å²) in [4.78, 5) is 28.6. The summed E-state index contributed by atoms with van der Waals surface area (Å²) in [5, 5.41) is 0.633.